The Hall–Kier alpha value is -2.32. The van der Waals surface area contributed by atoms with Gasteiger partial charge in [0.1, 0.15) is 0 Å². The molecule has 7 nitrogen and oxygen atoms in total. The standard InChI is InChI=1S/C18H21N5O2S/c1-2-26(24,25)22-11-3-4-16(12-22)18-20-17-6-5-15(13-23(17)21-18)14-7-9-19-10-8-14/h5-10,13,16H,2-4,11-12H2,1H3/t16-/m1/s1. The fourth-order valence-electron chi connectivity index (χ4n) is 3.38. The van der Waals surface area contributed by atoms with Crippen LogP contribution in [0.5, 0.6) is 0 Å². The number of hydrogen-bond acceptors (Lipinski definition) is 5. The molecule has 4 rings (SSSR count). The first-order valence-electron chi connectivity index (χ1n) is 8.81. The maximum atomic E-state index is 12.2. The van der Waals surface area contributed by atoms with Crippen LogP contribution in [0.1, 0.15) is 31.5 Å². The average molecular weight is 371 g/mol. The molecule has 1 aliphatic rings. The predicted molar refractivity (Wildman–Crippen MR) is 99.2 cm³/mol. The van der Waals surface area contributed by atoms with Gasteiger partial charge in [-0.25, -0.2) is 22.2 Å². The summed E-state index contributed by atoms with van der Waals surface area (Å²) in [6, 6.07) is 7.86. The third kappa shape index (κ3) is 3.22. The van der Waals surface area contributed by atoms with E-state index < -0.39 is 10.0 Å². The molecule has 8 heteroatoms. The Kier molecular flexibility index (Phi) is 4.46. The summed E-state index contributed by atoms with van der Waals surface area (Å²) in [5.41, 5.74) is 2.88. The van der Waals surface area contributed by atoms with Gasteiger partial charge in [-0.3, -0.25) is 4.98 Å². The van der Waals surface area contributed by atoms with Crippen molar-refractivity contribution in [1.29, 1.82) is 0 Å². The van der Waals surface area contributed by atoms with Crippen LogP contribution in [0.3, 0.4) is 0 Å². The lowest BCUT2D eigenvalue weighted by molar-refractivity contribution is 0.309. The number of pyridine rings is 2. The Morgan fingerprint density at radius 2 is 1.96 bits per heavy atom. The smallest absolute Gasteiger partial charge is 0.213 e. The Morgan fingerprint density at radius 1 is 1.15 bits per heavy atom. The first-order chi connectivity index (χ1) is 12.6. The lowest BCUT2D eigenvalue weighted by Gasteiger charge is -2.30. The molecular formula is C18H21N5O2S. The SMILES string of the molecule is CCS(=O)(=O)N1CCC[C@@H](c2nc3ccc(-c4ccncc4)cn3n2)C1. The molecule has 0 aliphatic carbocycles. The monoisotopic (exact) mass is 371 g/mol. The number of hydrogen-bond donors (Lipinski definition) is 0. The second-order valence-electron chi connectivity index (χ2n) is 6.52. The van der Waals surface area contributed by atoms with Crippen LogP contribution in [0.2, 0.25) is 0 Å². The largest absolute Gasteiger partial charge is 0.265 e. The maximum absolute atomic E-state index is 12.2. The lowest BCUT2D eigenvalue weighted by Crippen LogP contribution is -2.40. The molecule has 1 saturated heterocycles. The minimum Gasteiger partial charge on any atom is -0.265 e. The highest BCUT2D eigenvalue weighted by molar-refractivity contribution is 7.89. The fourth-order valence-corrected chi connectivity index (χ4v) is 4.56. The van der Waals surface area contributed by atoms with E-state index in [0.29, 0.717) is 18.9 Å². The molecule has 1 aliphatic heterocycles. The van der Waals surface area contributed by atoms with Crippen LogP contribution in [0, 0.1) is 0 Å². The molecule has 4 heterocycles. The van der Waals surface area contributed by atoms with Gasteiger partial charge in [-0.15, -0.1) is 0 Å². The van der Waals surface area contributed by atoms with Crippen LogP contribution in [0.15, 0.2) is 42.9 Å². The summed E-state index contributed by atoms with van der Waals surface area (Å²) in [7, 11) is -3.17. The van der Waals surface area contributed by atoms with Gasteiger partial charge >= 0.3 is 0 Å². The van der Waals surface area contributed by atoms with Gasteiger partial charge in [-0.05, 0) is 49.6 Å². The van der Waals surface area contributed by atoms with Crippen molar-refractivity contribution in [2.45, 2.75) is 25.7 Å². The van der Waals surface area contributed by atoms with Gasteiger partial charge in [-0.1, -0.05) is 0 Å². The second-order valence-corrected chi connectivity index (χ2v) is 8.78. The molecule has 0 amide bonds. The molecule has 0 aromatic carbocycles. The molecule has 0 N–H and O–H groups in total. The number of nitrogens with zero attached hydrogens (tertiary/aromatic N) is 5. The average Bonchev–Trinajstić information content (AvgIpc) is 3.12. The molecule has 3 aromatic heterocycles. The van der Waals surface area contributed by atoms with Gasteiger partial charge < -0.3 is 0 Å². The van der Waals surface area contributed by atoms with Gasteiger partial charge in [-0.2, -0.15) is 5.10 Å². The van der Waals surface area contributed by atoms with E-state index in [1.807, 2.05) is 30.5 Å². The number of rotatable bonds is 4. The van der Waals surface area contributed by atoms with Crippen molar-refractivity contribution in [1.82, 2.24) is 23.9 Å². The van der Waals surface area contributed by atoms with E-state index in [2.05, 4.69) is 15.1 Å². The highest BCUT2D eigenvalue weighted by Gasteiger charge is 2.30. The molecular weight excluding hydrogens is 350 g/mol. The summed E-state index contributed by atoms with van der Waals surface area (Å²) in [4.78, 5) is 8.68. The first kappa shape index (κ1) is 17.1. The molecule has 136 valence electrons. The zero-order valence-corrected chi connectivity index (χ0v) is 15.4. The van der Waals surface area contributed by atoms with Gasteiger partial charge in [0.2, 0.25) is 10.0 Å². The Labute approximate surface area is 152 Å². The minimum absolute atomic E-state index is 0.0364. The third-order valence-corrected chi connectivity index (χ3v) is 6.72. The Balaban J connectivity index is 1.63. The quantitative estimate of drug-likeness (QED) is 0.703. The van der Waals surface area contributed by atoms with Crippen molar-refractivity contribution < 1.29 is 8.42 Å². The van der Waals surface area contributed by atoms with Crippen molar-refractivity contribution in [2.75, 3.05) is 18.8 Å². The summed E-state index contributed by atoms with van der Waals surface area (Å²) in [6.45, 7) is 2.74. The zero-order valence-electron chi connectivity index (χ0n) is 14.6. The normalized spacial score (nSPS) is 19.0. The fraction of sp³-hybridized carbons (Fsp3) is 0.389. The summed E-state index contributed by atoms with van der Waals surface area (Å²) in [5, 5.41) is 4.63. The van der Waals surface area contributed by atoms with Crippen LogP contribution in [0.4, 0.5) is 0 Å². The molecule has 0 saturated carbocycles. The van der Waals surface area contributed by atoms with Crippen LogP contribution in [-0.2, 0) is 10.0 Å². The summed E-state index contributed by atoms with van der Waals surface area (Å²) in [6.07, 6.45) is 7.21. The van der Waals surface area contributed by atoms with Crippen LogP contribution in [0.25, 0.3) is 16.8 Å². The van der Waals surface area contributed by atoms with Gasteiger partial charge in [0.05, 0.1) is 5.75 Å². The molecule has 0 radical (unpaired) electrons. The van der Waals surface area contributed by atoms with E-state index in [4.69, 9.17) is 0 Å². The van der Waals surface area contributed by atoms with Crippen LogP contribution < -0.4 is 0 Å². The van der Waals surface area contributed by atoms with E-state index in [1.165, 1.54) is 0 Å². The Bertz CT molecular complexity index is 1020. The molecule has 0 unspecified atom stereocenters. The summed E-state index contributed by atoms with van der Waals surface area (Å²) >= 11 is 0. The highest BCUT2D eigenvalue weighted by atomic mass is 32.2. The summed E-state index contributed by atoms with van der Waals surface area (Å²) in [5.74, 6) is 0.885. The van der Waals surface area contributed by atoms with Gasteiger partial charge in [0, 0.05) is 43.2 Å². The topological polar surface area (TPSA) is 80.5 Å². The zero-order chi connectivity index (χ0) is 18.1. The maximum Gasteiger partial charge on any atom is 0.213 e. The van der Waals surface area contributed by atoms with E-state index >= 15 is 0 Å². The number of fused-ring (bicyclic) bond motifs is 1. The van der Waals surface area contributed by atoms with E-state index in [-0.39, 0.29) is 11.7 Å². The number of sulfonamides is 1. The molecule has 3 aromatic rings. The molecule has 26 heavy (non-hydrogen) atoms. The molecule has 1 atom stereocenters. The van der Waals surface area contributed by atoms with Gasteiger partial charge in [0.25, 0.3) is 0 Å². The van der Waals surface area contributed by atoms with Crippen molar-refractivity contribution in [3.05, 3.63) is 48.7 Å². The summed E-state index contributed by atoms with van der Waals surface area (Å²) < 4.78 is 27.7. The van der Waals surface area contributed by atoms with Crippen LogP contribution in [-0.4, -0.2) is 51.1 Å². The predicted octanol–water partition coefficient (Wildman–Crippen LogP) is 2.32. The van der Waals surface area contributed by atoms with E-state index in [1.54, 1.807) is 28.1 Å². The third-order valence-electron chi connectivity index (χ3n) is 4.87. The molecule has 0 bridgehead atoms. The van der Waals surface area contributed by atoms with Crippen molar-refractivity contribution in [3.63, 3.8) is 0 Å². The first-order valence-corrected chi connectivity index (χ1v) is 10.4. The van der Waals surface area contributed by atoms with E-state index in [9.17, 15) is 8.42 Å². The number of aromatic nitrogens is 4. The van der Waals surface area contributed by atoms with E-state index in [0.717, 1.165) is 29.6 Å². The Morgan fingerprint density at radius 3 is 2.73 bits per heavy atom. The van der Waals surface area contributed by atoms with Crippen molar-refractivity contribution in [2.24, 2.45) is 0 Å². The number of piperidine rings is 1. The van der Waals surface area contributed by atoms with Crippen molar-refractivity contribution in [3.8, 4) is 11.1 Å². The van der Waals surface area contributed by atoms with Crippen LogP contribution >= 0.6 is 0 Å². The molecule has 0 spiro atoms. The highest BCUT2D eigenvalue weighted by Crippen LogP contribution is 2.27. The second kappa shape index (κ2) is 6.77. The lowest BCUT2D eigenvalue weighted by atomic mass is 9.99. The van der Waals surface area contributed by atoms with Crippen molar-refractivity contribution >= 4 is 15.7 Å². The minimum atomic E-state index is -3.17. The van der Waals surface area contributed by atoms with Gasteiger partial charge in [0.15, 0.2) is 11.5 Å². The molecule has 1 fully saturated rings.